The van der Waals surface area contributed by atoms with E-state index in [-0.39, 0.29) is 6.61 Å². The van der Waals surface area contributed by atoms with E-state index in [1.54, 1.807) is 7.11 Å². The van der Waals surface area contributed by atoms with E-state index >= 15 is 0 Å². The van der Waals surface area contributed by atoms with Crippen molar-refractivity contribution in [3.63, 3.8) is 0 Å². The van der Waals surface area contributed by atoms with Crippen LogP contribution in [0.1, 0.15) is 25.1 Å². The molecule has 2 aromatic carbocycles. The lowest BCUT2D eigenvalue weighted by Crippen LogP contribution is -2.07. The van der Waals surface area contributed by atoms with Crippen LogP contribution < -0.4 is 9.47 Å². The second-order valence-corrected chi connectivity index (χ2v) is 6.23. The summed E-state index contributed by atoms with van der Waals surface area (Å²) >= 11 is 0. The van der Waals surface area contributed by atoms with Gasteiger partial charge in [-0.15, -0.1) is 0 Å². The van der Waals surface area contributed by atoms with Gasteiger partial charge in [-0.1, -0.05) is 18.2 Å². The van der Waals surface area contributed by atoms with Gasteiger partial charge in [-0.05, 0) is 43.5 Å². The first kappa shape index (κ1) is 18.3. The first-order valence-electron chi connectivity index (χ1n) is 9.13. The minimum Gasteiger partial charge on any atom is -0.497 e. The number of ether oxygens (including phenoxy) is 2. The quantitative estimate of drug-likeness (QED) is 0.562. The standard InChI is InChI=1S/C21H26N2O3/c1-25-17-8-6-9-18(16-17)26-15-5-4-13-23-20-11-3-2-10-19(20)22-21(23)12-7-14-24/h2-3,6,8-11,16,24H,4-5,7,12-15H2,1H3. The van der Waals surface area contributed by atoms with E-state index in [0.29, 0.717) is 6.61 Å². The van der Waals surface area contributed by atoms with E-state index in [9.17, 15) is 0 Å². The summed E-state index contributed by atoms with van der Waals surface area (Å²) in [6.07, 6.45) is 3.51. The summed E-state index contributed by atoms with van der Waals surface area (Å²) in [5.74, 6) is 2.69. The molecule has 0 aliphatic carbocycles. The Hall–Kier alpha value is -2.53. The summed E-state index contributed by atoms with van der Waals surface area (Å²) in [6.45, 7) is 1.77. The largest absolute Gasteiger partial charge is 0.497 e. The minimum atomic E-state index is 0.192. The number of methoxy groups -OCH3 is 1. The first-order valence-corrected chi connectivity index (χ1v) is 9.13. The SMILES string of the molecule is COc1cccc(OCCCCn2c(CCCO)nc3ccccc32)c1. The van der Waals surface area contributed by atoms with Crippen LogP contribution in [0.15, 0.2) is 48.5 Å². The maximum absolute atomic E-state index is 9.12. The maximum Gasteiger partial charge on any atom is 0.122 e. The number of para-hydroxylation sites is 2. The fraction of sp³-hybridized carbons (Fsp3) is 0.381. The van der Waals surface area contributed by atoms with Gasteiger partial charge in [0, 0.05) is 25.6 Å². The van der Waals surface area contributed by atoms with Gasteiger partial charge < -0.3 is 19.1 Å². The smallest absolute Gasteiger partial charge is 0.122 e. The van der Waals surface area contributed by atoms with Crippen molar-refractivity contribution in [2.24, 2.45) is 0 Å². The molecule has 5 heteroatoms. The number of aliphatic hydroxyl groups excluding tert-OH is 1. The summed E-state index contributed by atoms with van der Waals surface area (Å²) < 4.78 is 13.3. The lowest BCUT2D eigenvalue weighted by Gasteiger charge is -2.10. The normalized spacial score (nSPS) is 11.0. The zero-order valence-electron chi connectivity index (χ0n) is 15.2. The average molecular weight is 354 g/mol. The molecule has 0 unspecified atom stereocenters. The zero-order chi connectivity index (χ0) is 18.2. The van der Waals surface area contributed by atoms with Crippen molar-refractivity contribution in [3.05, 3.63) is 54.4 Å². The molecule has 3 rings (SSSR count). The molecular weight excluding hydrogens is 328 g/mol. The molecule has 138 valence electrons. The lowest BCUT2D eigenvalue weighted by molar-refractivity contribution is 0.286. The second kappa shape index (κ2) is 9.25. The summed E-state index contributed by atoms with van der Waals surface area (Å²) in [5.41, 5.74) is 2.18. The summed E-state index contributed by atoms with van der Waals surface area (Å²) in [5, 5.41) is 9.12. The van der Waals surface area contributed by atoms with E-state index in [1.165, 1.54) is 0 Å². The number of benzene rings is 2. The zero-order valence-corrected chi connectivity index (χ0v) is 15.2. The Labute approximate surface area is 154 Å². The topological polar surface area (TPSA) is 56.5 Å². The van der Waals surface area contributed by atoms with Gasteiger partial charge in [0.15, 0.2) is 0 Å². The Morgan fingerprint density at radius 1 is 1.00 bits per heavy atom. The number of rotatable bonds is 10. The first-order chi connectivity index (χ1) is 12.8. The van der Waals surface area contributed by atoms with Crippen LogP contribution in [0.5, 0.6) is 11.5 Å². The van der Waals surface area contributed by atoms with Crippen molar-refractivity contribution in [1.82, 2.24) is 9.55 Å². The van der Waals surface area contributed by atoms with Crippen molar-refractivity contribution in [2.45, 2.75) is 32.2 Å². The molecule has 1 aromatic heterocycles. The van der Waals surface area contributed by atoms with Crippen LogP contribution in [0.2, 0.25) is 0 Å². The van der Waals surface area contributed by atoms with Crippen molar-refractivity contribution >= 4 is 11.0 Å². The van der Waals surface area contributed by atoms with Gasteiger partial charge in [-0.3, -0.25) is 0 Å². The molecular formula is C21H26N2O3. The molecule has 0 amide bonds. The molecule has 0 fully saturated rings. The van der Waals surface area contributed by atoms with E-state index in [2.05, 4.69) is 10.6 Å². The molecule has 5 nitrogen and oxygen atoms in total. The number of aromatic nitrogens is 2. The number of imidazole rings is 1. The van der Waals surface area contributed by atoms with Gasteiger partial charge in [0.25, 0.3) is 0 Å². The molecule has 0 aliphatic rings. The van der Waals surface area contributed by atoms with E-state index in [4.69, 9.17) is 19.6 Å². The monoisotopic (exact) mass is 354 g/mol. The summed E-state index contributed by atoms with van der Waals surface area (Å²) in [7, 11) is 1.66. The molecule has 0 spiro atoms. The fourth-order valence-electron chi connectivity index (χ4n) is 3.06. The Bertz CT molecular complexity index is 829. The molecule has 26 heavy (non-hydrogen) atoms. The van der Waals surface area contributed by atoms with Gasteiger partial charge in [0.05, 0.1) is 24.8 Å². The maximum atomic E-state index is 9.12. The number of aryl methyl sites for hydroxylation is 2. The minimum absolute atomic E-state index is 0.192. The number of fused-ring (bicyclic) bond motifs is 1. The van der Waals surface area contributed by atoms with E-state index < -0.39 is 0 Å². The van der Waals surface area contributed by atoms with Crippen LogP contribution in [0.3, 0.4) is 0 Å². The molecule has 1 heterocycles. The van der Waals surface area contributed by atoms with Crippen LogP contribution in [-0.2, 0) is 13.0 Å². The Kier molecular flexibility index (Phi) is 6.50. The molecule has 0 bridgehead atoms. The number of nitrogens with zero attached hydrogens (tertiary/aromatic N) is 2. The third-order valence-corrected chi connectivity index (χ3v) is 4.38. The van der Waals surface area contributed by atoms with Crippen LogP contribution in [0, 0.1) is 0 Å². The highest BCUT2D eigenvalue weighted by Crippen LogP contribution is 2.20. The summed E-state index contributed by atoms with van der Waals surface area (Å²) in [4.78, 5) is 4.72. The molecule has 0 aliphatic heterocycles. The molecule has 3 aromatic rings. The highest BCUT2D eigenvalue weighted by atomic mass is 16.5. The number of aliphatic hydroxyl groups is 1. The fourth-order valence-corrected chi connectivity index (χ4v) is 3.06. The second-order valence-electron chi connectivity index (χ2n) is 6.23. The Morgan fingerprint density at radius 2 is 1.85 bits per heavy atom. The molecule has 0 saturated carbocycles. The highest BCUT2D eigenvalue weighted by Gasteiger charge is 2.09. The number of hydrogen-bond donors (Lipinski definition) is 1. The van der Waals surface area contributed by atoms with Gasteiger partial charge in [0.2, 0.25) is 0 Å². The van der Waals surface area contributed by atoms with Gasteiger partial charge in [-0.2, -0.15) is 0 Å². The molecule has 0 saturated heterocycles. The average Bonchev–Trinajstić information content (AvgIpc) is 3.04. The number of unbranched alkanes of at least 4 members (excludes halogenated alkanes) is 1. The Morgan fingerprint density at radius 3 is 2.69 bits per heavy atom. The van der Waals surface area contributed by atoms with Crippen LogP contribution in [0.4, 0.5) is 0 Å². The van der Waals surface area contributed by atoms with Crippen molar-refractivity contribution in [3.8, 4) is 11.5 Å². The van der Waals surface area contributed by atoms with Crippen LogP contribution >= 0.6 is 0 Å². The predicted molar refractivity (Wildman–Crippen MR) is 103 cm³/mol. The van der Waals surface area contributed by atoms with Crippen LogP contribution in [0.25, 0.3) is 11.0 Å². The molecule has 0 atom stereocenters. The van der Waals surface area contributed by atoms with E-state index in [0.717, 1.165) is 60.6 Å². The third-order valence-electron chi connectivity index (χ3n) is 4.38. The van der Waals surface area contributed by atoms with Crippen molar-refractivity contribution < 1.29 is 14.6 Å². The van der Waals surface area contributed by atoms with Crippen molar-refractivity contribution in [1.29, 1.82) is 0 Å². The lowest BCUT2D eigenvalue weighted by atomic mass is 10.2. The molecule has 0 radical (unpaired) electrons. The van der Waals surface area contributed by atoms with E-state index in [1.807, 2.05) is 42.5 Å². The van der Waals surface area contributed by atoms with Crippen molar-refractivity contribution in [2.75, 3.05) is 20.3 Å². The third kappa shape index (κ3) is 4.55. The number of hydrogen-bond acceptors (Lipinski definition) is 4. The highest BCUT2D eigenvalue weighted by molar-refractivity contribution is 5.75. The van der Waals surface area contributed by atoms with Crippen LogP contribution in [-0.4, -0.2) is 35.0 Å². The predicted octanol–water partition coefficient (Wildman–Crippen LogP) is 3.83. The Balaban J connectivity index is 1.55. The van der Waals surface area contributed by atoms with Gasteiger partial charge in [-0.25, -0.2) is 4.98 Å². The summed E-state index contributed by atoms with van der Waals surface area (Å²) in [6, 6.07) is 15.9. The molecule has 1 N–H and O–H groups in total. The van der Waals surface area contributed by atoms with Gasteiger partial charge >= 0.3 is 0 Å². The van der Waals surface area contributed by atoms with Gasteiger partial charge in [0.1, 0.15) is 17.3 Å².